The maximum absolute atomic E-state index is 9.55. The Kier molecular flexibility index (Phi) is 3.77. The summed E-state index contributed by atoms with van der Waals surface area (Å²) in [6.45, 7) is 0.157. The highest BCUT2D eigenvalue weighted by Gasteiger charge is 2.06. The first-order chi connectivity index (χ1) is 9.06. The number of aromatic hydroxyl groups is 4. The second-order valence-electron chi connectivity index (χ2n) is 4.12. The van der Waals surface area contributed by atoms with Gasteiger partial charge < -0.3 is 25.2 Å². The predicted octanol–water partition coefficient (Wildman–Crippen LogP) is 2.23. The summed E-state index contributed by atoms with van der Waals surface area (Å²) in [7, 11) is 0. The molecule has 0 aliphatic heterocycles. The Hall–Kier alpha value is -2.40. The third-order valence-corrected chi connectivity index (χ3v) is 2.64. The maximum atomic E-state index is 9.55. The van der Waals surface area contributed by atoms with Gasteiger partial charge in [-0.15, -0.1) is 0 Å². The van der Waals surface area contributed by atoms with E-state index in [2.05, 4.69) is 0 Å². The number of ether oxygens (including phenoxy) is 1. The molecule has 2 aromatic rings. The van der Waals surface area contributed by atoms with Crippen molar-refractivity contribution >= 4 is 0 Å². The minimum Gasteiger partial charge on any atom is -0.508 e. The second kappa shape index (κ2) is 5.49. The molecule has 0 fully saturated rings. The highest BCUT2D eigenvalue weighted by atomic mass is 16.5. The van der Waals surface area contributed by atoms with Crippen molar-refractivity contribution in [3.05, 3.63) is 47.5 Å². The molecule has 19 heavy (non-hydrogen) atoms. The fourth-order valence-electron chi connectivity index (χ4n) is 1.65. The Balaban J connectivity index is 2.00. The number of hydrogen-bond acceptors (Lipinski definition) is 5. The van der Waals surface area contributed by atoms with E-state index in [-0.39, 0.29) is 36.2 Å². The first-order valence-electron chi connectivity index (χ1n) is 5.65. The van der Waals surface area contributed by atoms with Gasteiger partial charge in [0.05, 0.1) is 13.2 Å². The van der Waals surface area contributed by atoms with Gasteiger partial charge >= 0.3 is 0 Å². The standard InChI is InChI=1S/C14H14O5/c15-11-1-3-13(17)9(5-11)7-19-8-10-6-12(16)2-4-14(10)18/h1-6,15-18H,7-8H2. The summed E-state index contributed by atoms with van der Waals surface area (Å²) >= 11 is 0. The van der Waals surface area contributed by atoms with E-state index >= 15 is 0 Å². The van der Waals surface area contributed by atoms with E-state index in [1.165, 1.54) is 36.4 Å². The SMILES string of the molecule is Oc1ccc(O)c(COCc2cc(O)ccc2O)c1. The van der Waals surface area contributed by atoms with Crippen LogP contribution in [0.2, 0.25) is 0 Å². The molecule has 0 aromatic heterocycles. The Morgan fingerprint density at radius 2 is 1.11 bits per heavy atom. The lowest BCUT2D eigenvalue weighted by molar-refractivity contribution is 0.103. The lowest BCUT2D eigenvalue weighted by Gasteiger charge is -2.08. The molecule has 0 amide bonds. The Labute approximate surface area is 110 Å². The average Bonchev–Trinajstić information content (AvgIpc) is 2.38. The molecule has 100 valence electrons. The van der Waals surface area contributed by atoms with Crippen LogP contribution in [0.4, 0.5) is 0 Å². The van der Waals surface area contributed by atoms with Crippen molar-refractivity contribution in [2.45, 2.75) is 13.2 Å². The normalized spacial score (nSPS) is 10.5. The Bertz CT molecular complexity index is 529. The molecule has 0 radical (unpaired) electrons. The van der Waals surface area contributed by atoms with Crippen LogP contribution in [-0.4, -0.2) is 20.4 Å². The van der Waals surface area contributed by atoms with Gasteiger partial charge in [0.25, 0.3) is 0 Å². The van der Waals surface area contributed by atoms with Crippen LogP contribution in [0.5, 0.6) is 23.0 Å². The molecule has 2 aromatic carbocycles. The van der Waals surface area contributed by atoms with E-state index in [4.69, 9.17) is 4.74 Å². The van der Waals surface area contributed by atoms with E-state index in [1.54, 1.807) is 0 Å². The molecule has 0 saturated heterocycles. The topological polar surface area (TPSA) is 90.2 Å². The number of hydrogen-bond donors (Lipinski definition) is 4. The van der Waals surface area contributed by atoms with Crippen LogP contribution in [0.3, 0.4) is 0 Å². The number of benzene rings is 2. The minimum atomic E-state index is 0.0259. The third-order valence-electron chi connectivity index (χ3n) is 2.64. The quantitative estimate of drug-likeness (QED) is 0.634. The smallest absolute Gasteiger partial charge is 0.121 e. The fraction of sp³-hybridized carbons (Fsp3) is 0.143. The largest absolute Gasteiger partial charge is 0.508 e. The molecule has 0 aliphatic rings. The van der Waals surface area contributed by atoms with Crippen LogP contribution in [0.25, 0.3) is 0 Å². The summed E-state index contributed by atoms with van der Waals surface area (Å²) in [5.74, 6) is 0.129. The predicted molar refractivity (Wildman–Crippen MR) is 68.0 cm³/mol. The van der Waals surface area contributed by atoms with E-state index in [0.29, 0.717) is 11.1 Å². The monoisotopic (exact) mass is 262 g/mol. The van der Waals surface area contributed by atoms with Gasteiger partial charge in [0, 0.05) is 11.1 Å². The van der Waals surface area contributed by atoms with E-state index in [9.17, 15) is 20.4 Å². The lowest BCUT2D eigenvalue weighted by Crippen LogP contribution is -1.95. The first-order valence-corrected chi connectivity index (χ1v) is 5.65. The van der Waals surface area contributed by atoms with E-state index in [0.717, 1.165) is 0 Å². The maximum Gasteiger partial charge on any atom is 0.121 e. The molecule has 5 heteroatoms. The molecular formula is C14H14O5. The molecule has 0 atom stereocenters. The average molecular weight is 262 g/mol. The fourth-order valence-corrected chi connectivity index (χ4v) is 1.65. The van der Waals surface area contributed by atoms with Gasteiger partial charge in [-0.1, -0.05) is 0 Å². The zero-order valence-corrected chi connectivity index (χ0v) is 10.1. The molecular weight excluding hydrogens is 248 g/mol. The third kappa shape index (κ3) is 3.29. The highest BCUT2D eigenvalue weighted by Crippen LogP contribution is 2.25. The number of phenols is 4. The van der Waals surface area contributed by atoms with Gasteiger partial charge in [0.1, 0.15) is 23.0 Å². The molecule has 0 spiro atoms. The summed E-state index contributed by atoms with van der Waals surface area (Å²) in [4.78, 5) is 0. The van der Waals surface area contributed by atoms with Gasteiger partial charge in [0.2, 0.25) is 0 Å². The van der Waals surface area contributed by atoms with Crippen LogP contribution in [-0.2, 0) is 18.0 Å². The summed E-state index contributed by atoms with van der Waals surface area (Å²) in [6, 6.07) is 8.30. The second-order valence-corrected chi connectivity index (χ2v) is 4.12. The van der Waals surface area contributed by atoms with Gasteiger partial charge in [-0.25, -0.2) is 0 Å². The molecule has 0 heterocycles. The Morgan fingerprint density at radius 1 is 0.684 bits per heavy atom. The van der Waals surface area contributed by atoms with Crippen LogP contribution in [0, 0.1) is 0 Å². The highest BCUT2D eigenvalue weighted by molar-refractivity contribution is 5.39. The summed E-state index contributed by atoms with van der Waals surface area (Å²) in [6.07, 6.45) is 0. The van der Waals surface area contributed by atoms with Crippen LogP contribution in [0.1, 0.15) is 11.1 Å². The lowest BCUT2D eigenvalue weighted by atomic mass is 10.2. The summed E-state index contributed by atoms with van der Waals surface area (Å²) in [5, 5.41) is 37.7. The zero-order valence-electron chi connectivity index (χ0n) is 10.1. The van der Waals surface area contributed by atoms with Crippen molar-refractivity contribution in [3.63, 3.8) is 0 Å². The summed E-state index contributed by atoms with van der Waals surface area (Å²) < 4.78 is 5.34. The van der Waals surface area contributed by atoms with Crippen molar-refractivity contribution in [2.75, 3.05) is 0 Å². The van der Waals surface area contributed by atoms with Crippen molar-refractivity contribution in [3.8, 4) is 23.0 Å². The minimum absolute atomic E-state index is 0.0259. The molecule has 2 rings (SSSR count). The first kappa shape index (κ1) is 13.0. The Morgan fingerprint density at radius 3 is 1.53 bits per heavy atom. The molecule has 0 saturated carbocycles. The number of rotatable bonds is 4. The van der Waals surface area contributed by atoms with Crippen molar-refractivity contribution < 1.29 is 25.2 Å². The van der Waals surface area contributed by atoms with Crippen molar-refractivity contribution in [1.82, 2.24) is 0 Å². The zero-order chi connectivity index (χ0) is 13.8. The van der Waals surface area contributed by atoms with Crippen LogP contribution < -0.4 is 0 Å². The molecule has 4 N–H and O–H groups in total. The van der Waals surface area contributed by atoms with Gasteiger partial charge in [0.15, 0.2) is 0 Å². The summed E-state index contributed by atoms with van der Waals surface area (Å²) in [5.41, 5.74) is 0.888. The van der Waals surface area contributed by atoms with Gasteiger partial charge in [-0.05, 0) is 36.4 Å². The van der Waals surface area contributed by atoms with Crippen LogP contribution in [0.15, 0.2) is 36.4 Å². The van der Waals surface area contributed by atoms with Gasteiger partial charge in [-0.2, -0.15) is 0 Å². The van der Waals surface area contributed by atoms with E-state index in [1.807, 2.05) is 0 Å². The number of phenolic OH excluding ortho intramolecular Hbond substituents is 4. The molecule has 5 nitrogen and oxygen atoms in total. The molecule has 0 unspecified atom stereocenters. The van der Waals surface area contributed by atoms with Crippen LogP contribution >= 0.6 is 0 Å². The molecule has 0 bridgehead atoms. The molecule has 0 aliphatic carbocycles. The van der Waals surface area contributed by atoms with E-state index < -0.39 is 0 Å². The van der Waals surface area contributed by atoms with Gasteiger partial charge in [-0.3, -0.25) is 0 Å². The van der Waals surface area contributed by atoms with Crippen molar-refractivity contribution in [2.24, 2.45) is 0 Å². The van der Waals surface area contributed by atoms with Crippen molar-refractivity contribution in [1.29, 1.82) is 0 Å².